The van der Waals surface area contributed by atoms with E-state index in [0.29, 0.717) is 46.7 Å². The summed E-state index contributed by atoms with van der Waals surface area (Å²) in [6.07, 6.45) is 0.864. The minimum Gasteiger partial charge on any atom is -0.508 e. The van der Waals surface area contributed by atoms with Gasteiger partial charge in [0.15, 0.2) is 17.0 Å². The van der Waals surface area contributed by atoms with Crippen LogP contribution in [0.25, 0.3) is 5.69 Å². The molecule has 0 saturated carbocycles. The Bertz CT molecular complexity index is 4300. The van der Waals surface area contributed by atoms with Crippen molar-refractivity contribution in [3.8, 4) is 28.7 Å². The first kappa shape index (κ1) is 64.0. The predicted molar refractivity (Wildman–Crippen MR) is 322 cm³/mol. The molecule has 1 spiro atoms. The molecule has 0 aliphatic carbocycles. The van der Waals surface area contributed by atoms with Crippen molar-refractivity contribution in [2.45, 2.75) is 60.8 Å². The van der Waals surface area contributed by atoms with Gasteiger partial charge in [0.05, 0.1) is 21.2 Å². The second-order valence-electron chi connectivity index (χ2n) is 19.4. The van der Waals surface area contributed by atoms with E-state index in [-0.39, 0.29) is 56.3 Å². The molecule has 0 fully saturated rings. The van der Waals surface area contributed by atoms with Gasteiger partial charge in [0.25, 0.3) is 31.7 Å². The Balaban J connectivity index is 0.000000219. The zero-order valence-corrected chi connectivity index (χ0v) is 50.5. The molecule has 0 radical (unpaired) electrons. The van der Waals surface area contributed by atoms with Gasteiger partial charge in [0.2, 0.25) is 10.0 Å². The van der Waals surface area contributed by atoms with Gasteiger partial charge in [0, 0.05) is 79.5 Å². The number of phenolic OH excluding ortho intramolecular Hbond substituents is 2. The van der Waals surface area contributed by atoms with Gasteiger partial charge < -0.3 is 30.1 Å². The molecule has 0 atom stereocenters. The average Bonchev–Trinajstić information content (AvgIpc) is 1.60. The number of ether oxygens (including phenoxy) is 1. The molecule has 1 amide bonds. The molecule has 8 aromatic rings. The van der Waals surface area contributed by atoms with Gasteiger partial charge in [-0.05, 0) is 149 Å². The maximum absolute atomic E-state index is 13.9. The van der Waals surface area contributed by atoms with Crippen LogP contribution in [-0.2, 0) is 63.5 Å². The molecule has 3 heterocycles. The average molecular weight is 1270 g/mol. The number of azo groups is 1. The molecule has 28 heteroatoms. The van der Waals surface area contributed by atoms with Crippen LogP contribution in [0, 0.1) is 0 Å². The van der Waals surface area contributed by atoms with Crippen molar-refractivity contribution >= 4 is 69.5 Å². The summed E-state index contributed by atoms with van der Waals surface area (Å²) in [5.41, 5.74) is 2.97. The number of rotatable bonds is 19. The van der Waals surface area contributed by atoms with Crippen molar-refractivity contribution in [3.63, 3.8) is 0 Å². The first-order chi connectivity index (χ1) is 41.4. The van der Waals surface area contributed by atoms with E-state index in [2.05, 4.69) is 62.9 Å². The van der Waals surface area contributed by atoms with E-state index in [1.54, 1.807) is 66.7 Å². The minimum absolute atomic E-state index is 0.0826. The summed E-state index contributed by atoms with van der Waals surface area (Å²) in [4.78, 5) is 29.7. The first-order valence-electron chi connectivity index (χ1n) is 27.0. The lowest BCUT2D eigenvalue weighted by Crippen LogP contribution is -2.33. The van der Waals surface area contributed by atoms with Gasteiger partial charge in [-0.25, -0.2) is 22.0 Å². The third kappa shape index (κ3) is 14.6. The molecule has 10 rings (SSSR count). The number of nitrogens with one attached hydrogen (secondary N) is 3. The van der Waals surface area contributed by atoms with Crippen molar-refractivity contribution in [2.24, 2.45) is 10.2 Å². The predicted octanol–water partition coefficient (Wildman–Crippen LogP) is 8.22. The topological polar surface area (TPSA) is 343 Å². The third-order valence-corrected chi connectivity index (χ3v) is 17.8. The number of carbonyl (C=O) groups is 1. The molecule has 24 nitrogen and oxygen atoms in total. The van der Waals surface area contributed by atoms with Crippen LogP contribution >= 0.6 is 0 Å². The molecule has 87 heavy (non-hydrogen) atoms. The van der Waals surface area contributed by atoms with E-state index >= 15 is 0 Å². The SMILES string of the molecule is CCN(CC)c1ccc2c(c1)Oc1cc(N(CC)CC)ccc1C21OS(=O)(=O)c2cc(S(=O)(=O)NCCc3ccc(O)cc3)ccc21.O=C(NCCc1ccc(O)cc1)c1[nH]n(-c2ccc(S(=O)(=O)O)cc2)c(=O)c1N=Nc1ccccc1.O=S(=O)=O. The molecular formula is C59H60N8O16S4. The second-order valence-corrected chi connectivity index (χ2v) is 24.5. The molecule has 1 aromatic heterocycles. The monoisotopic (exact) mass is 1260 g/mol. The summed E-state index contributed by atoms with van der Waals surface area (Å²) in [6, 6.07) is 42.0. The molecule has 0 bridgehead atoms. The van der Waals surface area contributed by atoms with E-state index in [1.165, 1.54) is 42.5 Å². The maximum Gasteiger partial charge on any atom is 0.425 e. The van der Waals surface area contributed by atoms with Crippen molar-refractivity contribution < 1.29 is 66.4 Å². The number of nitrogens with zero attached hydrogens (tertiary/aromatic N) is 5. The first-order valence-corrected chi connectivity index (χ1v) is 32.3. The highest BCUT2D eigenvalue weighted by Crippen LogP contribution is 2.59. The largest absolute Gasteiger partial charge is 0.508 e. The molecule has 2 aliphatic rings. The lowest BCUT2D eigenvalue weighted by Gasteiger charge is -2.37. The molecule has 0 saturated heterocycles. The Kier molecular flexibility index (Phi) is 19.9. The van der Waals surface area contributed by atoms with E-state index in [1.807, 2.05) is 36.4 Å². The summed E-state index contributed by atoms with van der Waals surface area (Å²) in [5, 5.41) is 32.4. The fraction of sp³-hybridized carbons (Fsp3) is 0.220. The Labute approximate surface area is 503 Å². The molecule has 6 N–H and O–H groups in total. The fourth-order valence-electron chi connectivity index (χ4n) is 9.79. The maximum atomic E-state index is 13.9. The van der Waals surface area contributed by atoms with Crippen molar-refractivity contribution in [1.29, 1.82) is 0 Å². The molecule has 2 aliphatic heterocycles. The Hall–Kier alpha value is -9.03. The van der Waals surface area contributed by atoms with E-state index in [0.717, 1.165) is 65.5 Å². The highest BCUT2D eigenvalue weighted by molar-refractivity contribution is 7.89. The number of aromatic nitrogens is 2. The quantitative estimate of drug-likeness (QED) is 0.0252. The second kappa shape index (κ2) is 27.1. The normalized spacial score (nSPS) is 13.4. The number of fused-ring (bicyclic) bond motifs is 6. The zero-order chi connectivity index (χ0) is 62.8. The summed E-state index contributed by atoms with van der Waals surface area (Å²) in [6.45, 7) is 11.7. The molecule has 7 aromatic carbocycles. The number of hydrogen-bond acceptors (Lipinski definition) is 19. The number of anilines is 2. The van der Waals surface area contributed by atoms with E-state index < -0.39 is 57.9 Å². The zero-order valence-electron chi connectivity index (χ0n) is 47.2. The summed E-state index contributed by atoms with van der Waals surface area (Å²) in [5.74, 6) is 0.599. The fourth-order valence-corrected chi connectivity index (χ4v) is 12.8. The Morgan fingerprint density at radius 1 is 0.655 bits per heavy atom. The number of hydrogen-bond donors (Lipinski definition) is 6. The Morgan fingerprint density at radius 2 is 1.15 bits per heavy atom. The third-order valence-electron chi connectivity index (χ3n) is 14.1. The number of phenols is 2. The number of H-pyrrole nitrogens is 1. The van der Waals surface area contributed by atoms with Crippen LogP contribution in [0.2, 0.25) is 0 Å². The van der Waals surface area contributed by atoms with E-state index in [9.17, 15) is 49.6 Å². The lowest BCUT2D eigenvalue weighted by molar-refractivity contribution is 0.0949. The number of amides is 1. The van der Waals surface area contributed by atoms with Crippen LogP contribution in [-0.4, -0.2) is 108 Å². The summed E-state index contributed by atoms with van der Waals surface area (Å²) < 4.78 is 128. The van der Waals surface area contributed by atoms with Gasteiger partial charge in [-0.15, -0.1) is 17.7 Å². The van der Waals surface area contributed by atoms with Crippen molar-refractivity contribution in [1.82, 2.24) is 19.8 Å². The summed E-state index contributed by atoms with van der Waals surface area (Å²) >= 11 is 0. The standard InChI is InChI=1S/C35H39N3O7S2.C24H21N5O6S.O3S/c1-5-37(6-2)25-11-16-29-32(21-25)44-33-22-26(38(7-3)8-4)12-17-30(33)35(29)31-18-15-28(23-34(31)47(42,43)45-35)46(40,41)36-20-19-24-9-13-27(39)14-10-24;30-19-10-6-16(7-11-19)14-15-25-23(31)21-22(27-26-17-4-2-1-3-5-17)24(32)29(28-21)18-8-12-20(13-9-18)36(33,34)35;1-4(2)3/h9-18,21-23,36,39H,5-8,19-20H2,1-4H3;1-13,28,30H,14-15H2,(H,25,31)(H,33,34,35);. The highest BCUT2D eigenvalue weighted by Gasteiger charge is 2.56. The lowest BCUT2D eigenvalue weighted by atomic mass is 9.78. The van der Waals surface area contributed by atoms with E-state index in [4.69, 9.17) is 21.5 Å². The number of carbonyl (C=O) groups excluding carboxylic acids is 1. The number of sulfonamides is 1. The molecule has 456 valence electrons. The number of benzene rings is 7. The van der Waals surface area contributed by atoms with Crippen molar-refractivity contribution in [3.05, 3.63) is 202 Å². The van der Waals surface area contributed by atoms with Crippen LogP contribution in [0.3, 0.4) is 0 Å². The van der Waals surface area contributed by atoms with Gasteiger partial charge in [0.1, 0.15) is 27.9 Å². The van der Waals surface area contributed by atoms with Gasteiger partial charge >= 0.3 is 10.6 Å². The molecule has 0 unspecified atom stereocenters. The van der Waals surface area contributed by atoms with Crippen LogP contribution in [0.15, 0.2) is 187 Å². The highest BCUT2D eigenvalue weighted by atomic mass is 32.2. The number of aromatic hydroxyl groups is 2. The van der Waals surface area contributed by atoms with Gasteiger partial charge in [-0.2, -0.15) is 21.9 Å². The van der Waals surface area contributed by atoms with Crippen LogP contribution in [0.5, 0.6) is 23.0 Å². The minimum atomic E-state index is -4.41. The van der Waals surface area contributed by atoms with Crippen LogP contribution in [0.4, 0.5) is 22.7 Å². The van der Waals surface area contributed by atoms with Crippen LogP contribution in [0.1, 0.15) is 66.0 Å². The van der Waals surface area contributed by atoms with Crippen molar-refractivity contribution in [2.75, 3.05) is 49.1 Å². The summed E-state index contributed by atoms with van der Waals surface area (Å²) in [7, 11) is -16.0. The van der Waals surface area contributed by atoms with Gasteiger partial charge in [-0.1, -0.05) is 48.5 Å². The Morgan fingerprint density at radius 3 is 1.66 bits per heavy atom. The van der Waals surface area contributed by atoms with Crippen LogP contribution < -0.4 is 30.1 Å². The van der Waals surface area contributed by atoms with Gasteiger partial charge in [-0.3, -0.25) is 19.2 Å². The smallest absolute Gasteiger partial charge is 0.425 e. The molecular weight excluding hydrogens is 1200 g/mol. The number of aromatic amines is 1.